The van der Waals surface area contributed by atoms with E-state index in [9.17, 15) is 32.5 Å². The number of nitro groups is 1. The van der Waals surface area contributed by atoms with E-state index in [1.807, 2.05) is 0 Å². The Morgan fingerprint density at radius 3 is 2.32 bits per heavy atom. The average Bonchev–Trinajstić information content (AvgIpc) is 2.75. The number of carbonyl (C=O) groups excluding carboxylic acids is 2. The van der Waals surface area contributed by atoms with Crippen LogP contribution < -0.4 is 9.62 Å². The third kappa shape index (κ3) is 6.98. The first-order chi connectivity index (χ1) is 15.8. The van der Waals surface area contributed by atoms with Crippen LogP contribution in [0.3, 0.4) is 0 Å². The summed E-state index contributed by atoms with van der Waals surface area (Å²) in [4.78, 5) is 37.5. The molecule has 0 spiro atoms. The van der Waals surface area contributed by atoms with E-state index in [2.05, 4.69) is 5.32 Å². The van der Waals surface area contributed by atoms with E-state index in [1.165, 1.54) is 43.3 Å². The van der Waals surface area contributed by atoms with Gasteiger partial charge in [0.05, 0.1) is 16.9 Å². The summed E-state index contributed by atoms with van der Waals surface area (Å²) in [6.07, 6.45) is 0.856. The molecule has 0 radical (unpaired) electrons. The number of nitrogens with zero attached hydrogens (tertiary/aromatic N) is 3. The first-order valence-electron chi connectivity index (χ1n) is 10.4. The van der Waals surface area contributed by atoms with Gasteiger partial charge in [-0.3, -0.25) is 24.0 Å². The van der Waals surface area contributed by atoms with Gasteiger partial charge in [-0.1, -0.05) is 24.3 Å². The first-order valence-corrected chi connectivity index (χ1v) is 12.2. The van der Waals surface area contributed by atoms with E-state index in [0.717, 1.165) is 17.2 Å². The lowest BCUT2D eigenvalue weighted by molar-refractivity contribution is -0.384. The zero-order valence-electron chi connectivity index (χ0n) is 19.3. The highest BCUT2D eigenvalue weighted by Gasteiger charge is 2.31. The molecule has 1 atom stereocenters. The van der Waals surface area contributed by atoms with Gasteiger partial charge in [-0.2, -0.15) is 0 Å². The molecule has 12 heteroatoms. The second-order valence-corrected chi connectivity index (χ2v) is 9.91. The van der Waals surface area contributed by atoms with Crippen molar-refractivity contribution in [3.63, 3.8) is 0 Å². The molecule has 2 aromatic carbocycles. The summed E-state index contributed by atoms with van der Waals surface area (Å²) in [5, 5.41) is 13.8. The van der Waals surface area contributed by atoms with E-state index in [-0.39, 0.29) is 29.5 Å². The number of amides is 2. The minimum Gasteiger partial charge on any atom is -0.352 e. The number of anilines is 1. The Labute approximate surface area is 197 Å². The van der Waals surface area contributed by atoms with Crippen LogP contribution in [0.5, 0.6) is 0 Å². The molecule has 0 saturated heterocycles. The van der Waals surface area contributed by atoms with Crippen molar-refractivity contribution in [2.45, 2.75) is 39.4 Å². The van der Waals surface area contributed by atoms with Crippen LogP contribution in [0.15, 0.2) is 48.5 Å². The van der Waals surface area contributed by atoms with Crippen molar-refractivity contribution in [2.75, 3.05) is 17.1 Å². The quantitative estimate of drug-likeness (QED) is 0.399. The van der Waals surface area contributed by atoms with Gasteiger partial charge in [0.1, 0.15) is 18.4 Å². The Kier molecular flexibility index (Phi) is 8.68. The first kappa shape index (κ1) is 26.7. The smallest absolute Gasteiger partial charge is 0.271 e. The molecule has 1 N–H and O–H groups in total. The Hall–Kier alpha value is -3.54. The van der Waals surface area contributed by atoms with E-state index in [4.69, 9.17) is 0 Å². The number of carbonyl (C=O) groups is 2. The molecule has 0 heterocycles. The highest BCUT2D eigenvalue weighted by atomic mass is 32.2. The molecule has 0 saturated carbocycles. The molecule has 2 rings (SSSR count). The maximum atomic E-state index is 14.3. The van der Waals surface area contributed by atoms with Crippen LogP contribution in [-0.2, 0) is 26.2 Å². The summed E-state index contributed by atoms with van der Waals surface area (Å²) in [6, 6.07) is 9.28. The van der Waals surface area contributed by atoms with Crippen LogP contribution in [0.1, 0.15) is 26.3 Å². The van der Waals surface area contributed by atoms with Crippen molar-refractivity contribution in [3.05, 3.63) is 70.0 Å². The van der Waals surface area contributed by atoms with E-state index in [1.54, 1.807) is 19.9 Å². The Bertz CT molecular complexity index is 1170. The zero-order chi connectivity index (χ0) is 25.6. The van der Waals surface area contributed by atoms with Gasteiger partial charge >= 0.3 is 0 Å². The number of rotatable bonds is 10. The van der Waals surface area contributed by atoms with E-state index < -0.39 is 45.2 Å². The number of hydrogen-bond donors (Lipinski definition) is 1. The van der Waals surface area contributed by atoms with Gasteiger partial charge in [-0.15, -0.1) is 0 Å². The van der Waals surface area contributed by atoms with Crippen molar-refractivity contribution in [3.8, 4) is 0 Å². The van der Waals surface area contributed by atoms with Crippen LogP contribution in [0, 0.1) is 15.9 Å². The van der Waals surface area contributed by atoms with Crippen molar-refractivity contribution in [2.24, 2.45) is 0 Å². The molecule has 0 fully saturated rings. The molecule has 0 aliphatic rings. The van der Waals surface area contributed by atoms with Crippen molar-refractivity contribution >= 4 is 33.2 Å². The SMILES string of the molecule is CC(C)NC(=O)C(C)N(Cc1ccccc1F)C(=O)CN(c1cccc([N+](=O)[O-])c1)S(C)(=O)=O. The number of sulfonamides is 1. The summed E-state index contributed by atoms with van der Waals surface area (Å²) in [7, 11) is -4.05. The molecule has 2 aromatic rings. The van der Waals surface area contributed by atoms with Gasteiger partial charge in [-0.05, 0) is 32.9 Å². The fourth-order valence-corrected chi connectivity index (χ4v) is 4.01. The number of nitro benzene ring substituents is 1. The number of non-ortho nitro benzene ring substituents is 1. The Morgan fingerprint density at radius 1 is 1.12 bits per heavy atom. The molecule has 0 aliphatic heterocycles. The summed E-state index contributed by atoms with van der Waals surface area (Å²) >= 11 is 0. The Morgan fingerprint density at radius 2 is 1.76 bits per heavy atom. The number of halogens is 1. The molecule has 1 unspecified atom stereocenters. The molecule has 184 valence electrons. The highest BCUT2D eigenvalue weighted by molar-refractivity contribution is 7.92. The molecule has 34 heavy (non-hydrogen) atoms. The zero-order valence-corrected chi connectivity index (χ0v) is 20.1. The number of nitrogens with one attached hydrogen (secondary N) is 1. The van der Waals surface area contributed by atoms with Crippen molar-refractivity contribution in [1.82, 2.24) is 10.2 Å². The van der Waals surface area contributed by atoms with Gasteiger partial charge in [0, 0.05) is 30.3 Å². The summed E-state index contributed by atoms with van der Waals surface area (Å²) in [6.45, 7) is 3.90. The summed E-state index contributed by atoms with van der Waals surface area (Å²) in [5.74, 6) is -1.87. The van der Waals surface area contributed by atoms with Gasteiger partial charge < -0.3 is 10.2 Å². The molecular formula is C22H27FN4O6S. The van der Waals surface area contributed by atoms with Crippen LogP contribution >= 0.6 is 0 Å². The molecule has 2 amide bonds. The topological polar surface area (TPSA) is 130 Å². The monoisotopic (exact) mass is 494 g/mol. The van der Waals surface area contributed by atoms with Crippen LogP contribution in [0.2, 0.25) is 0 Å². The lowest BCUT2D eigenvalue weighted by Gasteiger charge is -2.31. The van der Waals surface area contributed by atoms with Gasteiger partial charge in [-0.25, -0.2) is 12.8 Å². The van der Waals surface area contributed by atoms with Gasteiger partial charge in [0.25, 0.3) is 5.69 Å². The Balaban J connectivity index is 2.44. The second kappa shape index (κ2) is 11.1. The number of benzene rings is 2. The third-order valence-electron chi connectivity index (χ3n) is 4.90. The third-order valence-corrected chi connectivity index (χ3v) is 6.05. The van der Waals surface area contributed by atoms with Crippen molar-refractivity contribution < 1.29 is 27.3 Å². The molecular weight excluding hydrogens is 467 g/mol. The minimum atomic E-state index is -4.05. The molecule has 10 nitrogen and oxygen atoms in total. The standard InChI is InChI=1S/C22H27FN4O6S/c1-15(2)24-22(29)16(3)25(13-17-8-5-6-11-20(17)23)21(28)14-26(34(4,32)33)18-9-7-10-19(12-18)27(30)31/h5-12,15-16H,13-14H2,1-4H3,(H,24,29). The summed E-state index contributed by atoms with van der Waals surface area (Å²) in [5.41, 5.74) is -0.303. The molecule has 0 aliphatic carbocycles. The predicted molar refractivity (Wildman–Crippen MR) is 125 cm³/mol. The van der Waals surface area contributed by atoms with Crippen LogP contribution in [0.4, 0.5) is 15.8 Å². The summed E-state index contributed by atoms with van der Waals surface area (Å²) < 4.78 is 40.0. The van der Waals surface area contributed by atoms with Crippen molar-refractivity contribution in [1.29, 1.82) is 0 Å². The average molecular weight is 495 g/mol. The van der Waals surface area contributed by atoms with E-state index >= 15 is 0 Å². The molecule has 0 bridgehead atoms. The van der Waals surface area contributed by atoms with Gasteiger partial charge in [0.2, 0.25) is 21.8 Å². The molecule has 0 aromatic heterocycles. The van der Waals surface area contributed by atoms with Gasteiger partial charge in [0.15, 0.2) is 0 Å². The fourth-order valence-electron chi connectivity index (χ4n) is 3.17. The second-order valence-electron chi connectivity index (χ2n) is 8.00. The largest absolute Gasteiger partial charge is 0.352 e. The lowest BCUT2D eigenvalue weighted by atomic mass is 10.1. The highest BCUT2D eigenvalue weighted by Crippen LogP contribution is 2.24. The number of hydrogen-bond acceptors (Lipinski definition) is 6. The normalized spacial score (nSPS) is 12.2. The maximum absolute atomic E-state index is 14.3. The predicted octanol–water partition coefficient (Wildman–Crippen LogP) is 2.44. The lowest BCUT2D eigenvalue weighted by Crippen LogP contribution is -2.52. The minimum absolute atomic E-state index is 0.0878. The maximum Gasteiger partial charge on any atom is 0.271 e. The van der Waals surface area contributed by atoms with Crippen LogP contribution in [-0.4, -0.2) is 54.9 Å². The van der Waals surface area contributed by atoms with Crippen LogP contribution in [0.25, 0.3) is 0 Å². The van der Waals surface area contributed by atoms with E-state index in [0.29, 0.717) is 4.31 Å². The fraction of sp³-hybridized carbons (Fsp3) is 0.364.